The van der Waals surface area contributed by atoms with E-state index in [1.54, 1.807) is 28.7 Å². The van der Waals surface area contributed by atoms with Gasteiger partial charge in [-0.1, -0.05) is 29.4 Å². The van der Waals surface area contributed by atoms with Crippen molar-refractivity contribution in [3.8, 4) is 0 Å². The van der Waals surface area contributed by atoms with Crippen LogP contribution in [-0.2, 0) is 5.75 Å². The lowest BCUT2D eigenvalue weighted by atomic mass is 10.3. The van der Waals surface area contributed by atoms with Crippen LogP contribution >= 0.6 is 23.4 Å². The topological polar surface area (TPSA) is 60.4 Å². The molecule has 24 heavy (non-hydrogen) atoms. The highest BCUT2D eigenvalue weighted by atomic mass is 35.5. The van der Waals surface area contributed by atoms with Crippen molar-refractivity contribution in [2.24, 2.45) is 0 Å². The molecule has 3 heterocycles. The van der Waals surface area contributed by atoms with Gasteiger partial charge in [-0.25, -0.2) is 9.97 Å². The second kappa shape index (κ2) is 5.96. The summed E-state index contributed by atoms with van der Waals surface area (Å²) >= 11 is 7.35. The van der Waals surface area contributed by atoms with Crippen molar-refractivity contribution in [3.63, 3.8) is 0 Å². The van der Waals surface area contributed by atoms with E-state index in [9.17, 15) is 4.79 Å². The predicted molar refractivity (Wildman–Crippen MR) is 94.8 cm³/mol. The van der Waals surface area contributed by atoms with E-state index in [1.807, 2.05) is 25.1 Å². The Kier molecular flexibility index (Phi) is 3.78. The Labute approximate surface area is 146 Å². The van der Waals surface area contributed by atoms with Gasteiger partial charge in [-0.2, -0.15) is 0 Å². The van der Waals surface area contributed by atoms with Gasteiger partial charge < -0.3 is 4.42 Å². The molecule has 0 atom stereocenters. The molecular formula is C17H12ClN3O2S. The molecule has 4 aromatic rings. The molecule has 0 aliphatic carbocycles. The third-order valence-corrected chi connectivity index (χ3v) is 4.70. The van der Waals surface area contributed by atoms with Gasteiger partial charge in [0.15, 0.2) is 5.58 Å². The number of halogens is 1. The van der Waals surface area contributed by atoms with Gasteiger partial charge in [0, 0.05) is 22.5 Å². The second-order valence-corrected chi connectivity index (χ2v) is 6.69. The van der Waals surface area contributed by atoms with Gasteiger partial charge >= 0.3 is 0 Å². The zero-order valence-electron chi connectivity index (χ0n) is 12.7. The van der Waals surface area contributed by atoms with Crippen LogP contribution in [0.3, 0.4) is 0 Å². The average molecular weight is 358 g/mol. The molecule has 0 saturated carbocycles. The Morgan fingerprint density at radius 2 is 2.08 bits per heavy atom. The summed E-state index contributed by atoms with van der Waals surface area (Å²) in [6.45, 7) is 1.88. The summed E-state index contributed by atoms with van der Waals surface area (Å²) in [5, 5.41) is 1.14. The first-order chi connectivity index (χ1) is 11.6. The molecule has 5 nitrogen and oxygen atoms in total. The summed E-state index contributed by atoms with van der Waals surface area (Å²) in [5.74, 6) is 0.500. The average Bonchev–Trinajstić information content (AvgIpc) is 2.94. The molecule has 120 valence electrons. The van der Waals surface area contributed by atoms with E-state index >= 15 is 0 Å². The minimum Gasteiger partial charge on any atom is -0.431 e. The molecule has 0 aliphatic heterocycles. The first-order valence-electron chi connectivity index (χ1n) is 7.27. The van der Waals surface area contributed by atoms with Crippen LogP contribution in [-0.4, -0.2) is 14.4 Å². The van der Waals surface area contributed by atoms with Gasteiger partial charge in [0.1, 0.15) is 11.2 Å². The number of aryl methyl sites for hydroxylation is 1. The summed E-state index contributed by atoms with van der Waals surface area (Å²) in [6.07, 6.45) is 0. The Morgan fingerprint density at radius 1 is 1.21 bits per heavy atom. The first kappa shape index (κ1) is 15.2. The standard InChI is InChI=1S/C17H12ClN3O2S/c1-10-3-2-4-15-19-12(8-16(22)21(10)15)9-24-17-20-13-7-11(18)5-6-14(13)23-17/h2-8H,9H2,1H3. The minimum absolute atomic E-state index is 0.0851. The Morgan fingerprint density at radius 3 is 2.96 bits per heavy atom. The van der Waals surface area contributed by atoms with Crippen molar-refractivity contribution in [2.45, 2.75) is 17.9 Å². The van der Waals surface area contributed by atoms with E-state index in [-0.39, 0.29) is 5.56 Å². The van der Waals surface area contributed by atoms with Crippen molar-refractivity contribution < 1.29 is 4.42 Å². The van der Waals surface area contributed by atoms with E-state index < -0.39 is 0 Å². The number of hydrogen-bond acceptors (Lipinski definition) is 5. The Balaban J connectivity index is 1.63. The van der Waals surface area contributed by atoms with Crippen LogP contribution in [0.1, 0.15) is 11.4 Å². The van der Waals surface area contributed by atoms with Crippen molar-refractivity contribution >= 4 is 40.1 Å². The molecular weight excluding hydrogens is 346 g/mol. The number of pyridine rings is 1. The van der Waals surface area contributed by atoms with Gasteiger partial charge in [0.25, 0.3) is 10.8 Å². The van der Waals surface area contributed by atoms with Crippen LogP contribution in [0, 0.1) is 6.92 Å². The molecule has 0 saturated heterocycles. The monoisotopic (exact) mass is 357 g/mol. The predicted octanol–water partition coefficient (Wildman–Crippen LogP) is 4.09. The van der Waals surface area contributed by atoms with Crippen LogP contribution in [0.4, 0.5) is 0 Å². The molecule has 0 unspecified atom stereocenters. The lowest BCUT2D eigenvalue weighted by Gasteiger charge is -2.05. The van der Waals surface area contributed by atoms with E-state index in [2.05, 4.69) is 9.97 Å². The van der Waals surface area contributed by atoms with Gasteiger partial charge in [0.2, 0.25) is 0 Å². The number of benzene rings is 1. The summed E-state index contributed by atoms with van der Waals surface area (Å²) in [6, 6.07) is 12.5. The number of fused-ring (bicyclic) bond motifs is 2. The number of oxazole rings is 1. The third kappa shape index (κ3) is 2.79. The maximum Gasteiger partial charge on any atom is 0.258 e. The maximum atomic E-state index is 12.3. The molecule has 0 radical (unpaired) electrons. The van der Waals surface area contributed by atoms with Crippen molar-refractivity contribution in [1.29, 1.82) is 0 Å². The number of nitrogens with zero attached hydrogens (tertiary/aromatic N) is 3. The van der Waals surface area contributed by atoms with E-state index in [0.29, 0.717) is 38.4 Å². The molecule has 0 amide bonds. The normalized spacial score (nSPS) is 11.4. The zero-order valence-corrected chi connectivity index (χ0v) is 14.3. The Hall–Kier alpha value is -2.31. The van der Waals surface area contributed by atoms with Crippen LogP contribution in [0.15, 0.2) is 56.9 Å². The summed E-state index contributed by atoms with van der Waals surface area (Å²) in [4.78, 5) is 21.2. The number of rotatable bonds is 3. The fraction of sp³-hybridized carbons (Fsp3) is 0.118. The highest BCUT2D eigenvalue weighted by Crippen LogP contribution is 2.27. The molecule has 0 aliphatic rings. The molecule has 7 heteroatoms. The van der Waals surface area contributed by atoms with Crippen molar-refractivity contribution in [1.82, 2.24) is 14.4 Å². The maximum absolute atomic E-state index is 12.3. The number of hydrogen-bond donors (Lipinski definition) is 0. The Bertz CT molecular complexity index is 1120. The highest BCUT2D eigenvalue weighted by molar-refractivity contribution is 7.98. The fourth-order valence-corrected chi connectivity index (χ4v) is 3.41. The quantitative estimate of drug-likeness (QED) is 0.517. The van der Waals surface area contributed by atoms with Crippen LogP contribution < -0.4 is 5.56 Å². The van der Waals surface area contributed by atoms with Gasteiger partial charge in [-0.3, -0.25) is 9.20 Å². The lowest BCUT2D eigenvalue weighted by Crippen LogP contribution is -2.17. The van der Waals surface area contributed by atoms with E-state index in [0.717, 1.165) is 5.69 Å². The molecule has 3 aromatic heterocycles. The van der Waals surface area contributed by atoms with E-state index in [1.165, 1.54) is 11.8 Å². The molecule has 1 aromatic carbocycles. The molecule has 0 spiro atoms. The lowest BCUT2D eigenvalue weighted by molar-refractivity contribution is 0.489. The van der Waals surface area contributed by atoms with Gasteiger partial charge in [-0.15, -0.1) is 0 Å². The third-order valence-electron chi connectivity index (χ3n) is 3.61. The number of thioether (sulfide) groups is 1. The zero-order chi connectivity index (χ0) is 16.7. The van der Waals surface area contributed by atoms with Crippen LogP contribution in [0.2, 0.25) is 5.02 Å². The first-order valence-corrected chi connectivity index (χ1v) is 8.64. The van der Waals surface area contributed by atoms with Gasteiger partial charge in [-0.05, 0) is 37.3 Å². The highest BCUT2D eigenvalue weighted by Gasteiger charge is 2.09. The van der Waals surface area contributed by atoms with Crippen molar-refractivity contribution in [2.75, 3.05) is 0 Å². The molecule has 4 rings (SSSR count). The minimum atomic E-state index is -0.0851. The summed E-state index contributed by atoms with van der Waals surface area (Å²) < 4.78 is 7.26. The van der Waals surface area contributed by atoms with Gasteiger partial charge in [0.05, 0.1) is 5.69 Å². The smallest absolute Gasteiger partial charge is 0.258 e. The number of aromatic nitrogens is 3. The summed E-state index contributed by atoms with van der Waals surface area (Å²) in [7, 11) is 0. The SMILES string of the molecule is Cc1cccc2nc(CSc3nc4cc(Cl)ccc4o3)cc(=O)n12. The molecule has 0 fully saturated rings. The van der Waals surface area contributed by atoms with Crippen LogP contribution in [0.5, 0.6) is 0 Å². The molecule has 0 bridgehead atoms. The molecule has 0 N–H and O–H groups in total. The largest absolute Gasteiger partial charge is 0.431 e. The fourth-order valence-electron chi connectivity index (χ4n) is 2.51. The van der Waals surface area contributed by atoms with E-state index in [4.69, 9.17) is 16.0 Å². The van der Waals surface area contributed by atoms with Crippen LogP contribution in [0.25, 0.3) is 16.7 Å². The summed E-state index contributed by atoms with van der Waals surface area (Å²) in [5.41, 5.74) is 3.51. The van der Waals surface area contributed by atoms with Crippen molar-refractivity contribution in [3.05, 3.63) is 69.2 Å². The second-order valence-electron chi connectivity index (χ2n) is 5.33.